The van der Waals surface area contributed by atoms with Crippen LogP contribution < -0.4 is 5.32 Å². The first kappa shape index (κ1) is 14.5. The summed E-state index contributed by atoms with van der Waals surface area (Å²) in [6, 6.07) is 4.69. The molecule has 1 aromatic rings. The molecule has 1 aromatic carbocycles. The molecule has 0 saturated heterocycles. The molecule has 100 valence electrons. The topological polar surface area (TPSA) is 49.3 Å². The van der Waals surface area contributed by atoms with Crippen molar-refractivity contribution in [1.82, 2.24) is 5.32 Å². The molecule has 0 aromatic heterocycles. The minimum Gasteiger partial charge on any atom is -0.376 e. The Morgan fingerprint density at radius 3 is 2.17 bits per heavy atom. The van der Waals surface area contributed by atoms with Gasteiger partial charge >= 0.3 is 6.18 Å². The van der Waals surface area contributed by atoms with E-state index in [0.717, 1.165) is 12.1 Å². The summed E-state index contributed by atoms with van der Waals surface area (Å²) in [5, 5.41) is 12.0. The van der Waals surface area contributed by atoms with Crippen LogP contribution in [-0.4, -0.2) is 23.7 Å². The van der Waals surface area contributed by atoms with Gasteiger partial charge in [-0.3, -0.25) is 4.79 Å². The van der Waals surface area contributed by atoms with Crippen molar-refractivity contribution in [1.29, 1.82) is 0 Å². The normalized spacial score (nSPS) is 15.0. The fraction of sp³-hybridized carbons (Fsp3) is 0.417. The molecule has 3 nitrogen and oxygen atoms in total. The Kier molecular flexibility index (Phi) is 4.01. The summed E-state index contributed by atoms with van der Waals surface area (Å²) in [5.41, 5.74) is -2.98. The highest BCUT2D eigenvalue weighted by Crippen LogP contribution is 2.38. The van der Waals surface area contributed by atoms with Gasteiger partial charge in [0.15, 0.2) is 5.60 Å². The number of hydrogen-bond acceptors (Lipinski definition) is 2. The molecule has 1 amide bonds. The second-order valence-corrected chi connectivity index (χ2v) is 4.01. The third-order valence-corrected chi connectivity index (χ3v) is 2.60. The second kappa shape index (κ2) is 4.97. The van der Waals surface area contributed by atoms with E-state index in [9.17, 15) is 23.1 Å². The van der Waals surface area contributed by atoms with Gasteiger partial charge in [0.2, 0.25) is 0 Å². The average Bonchev–Trinajstić information content (AvgIpc) is 2.28. The highest BCUT2D eigenvalue weighted by atomic mass is 19.4. The van der Waals surface area contributed by atoms with Gasteiger partial charge in [-0.05, 0) is 31.5 Å². The summed E-state index contributed by atoms with van der Waals surface area (Å²) in [6.07, 6.45) is -4.76. The molecule has 0 heterocycles. The van der Waals surface area contributed by atoms with Crippen LogP contribution in [0.3, 0.4) is 0 Å². The van der Waals surface area contributed by atoms with Crippen molar-refractivity contribution in [3.8, 4) is 0 Å². The first-order valence-corrected chi connectivity index (χ1v) is 5.38. The molecule has 18 heavy (non-hydrogen) atoms. The van der Waals surface area contributed by atoms with Crippen molar-refractivity contribution in [3.05, 3.63) is 35.4 Å². The third kappa shape index (κ3) is 2.81. The number of nitrogens with one attached hydrogen (secondary N) is 1. The largest absolute Gasteiger partial charge is 0.421 e. The van der Waals surface area contributed by atoms with Crippen LogP contribution in [0, 0.1) is 0 Å². The van der Waals surface area contributed by atoms with Crippen molar-refractivity contribution < 1.29 is 23.1 Å². The summed E-state index contributed by atoms with van der Waals surface area (Å²) in [4.78, 5) is 11.4. The Balaban J connectivity index is 3.00. The Morgan fingerprint density at radius 2 is 1.78 bits per heavy atom. The maximum absolute atomic E-state index is 12.6. The fourth-order valence-corrected chi connectivity index (χ4v) is 1.37. The molecule has 6 heteroatoms. The van der Waals surface area contributed by atoms with E-state index in [-0.39, 0.29) is 17.0 Å². The molecule has 0 aliphatic heterocycles. The van der Waals surface area contributed by atoms with Crippen LogP contribution in [0.25, 0.3) is 0 Å². The van der Waals surface area contributed by atoms with Gasteiger partial charge in [0.05, 0.1) is 0 Å². The Bertz CT molecular complexity index is 424. The summed E-state index contributed by atoms with van der Waals surface area (Å²) < 4.78 is 37.7. The maximum Gasteiger partial charge on any atom is 0.421 e. The van der Waals surface area contributed by atoms with Crippen molar-refractivity contribution in [3.63, 3.8) is 0 Å². The minimum atomic E-state index is -4.76. The highest BCUT2D eigenvalue weighted by Gasteiger charge is 2.51. The van der Waals surface area contributed by atoms with Gasteiger partial charge in [-0.2, -0.15) is 13.2 Å². The van der Waals surface area contributed by atoms with Gasteiger partial charge in [0.25, 0.3) is 5.91 Å². The lowest BCUT2D eigenvalue weighted by molar-refractivity contribution is -0.258. The standard InChI is InChI=1S/C12H14F3NO2/c1-3-16-10(17)8-4-6-9(7-5-8)11(2,18)12(13,14)15/h4-7,18H,3H2,1-2H3,(H,16,17)/t11-/m0/s1. The van der Waals surface area contributed by atoms with Crippen molar-refractivity contribution in [2.75, 3.05) is 6.54 Å². The minimum absolute atomic E-state index is 0.249. The number of halogens is 3. The zero-order valence-corrected chi connectivity index (χ0v) is 10.0. The summed E-state index contributed by atoms with van der Waals surface area (Å²) in [6.45, 7) is 2.84. The number of rotatable bonds is 3. The van der Waals surface area contributed by atoms with Crippen LogP contribution in [0.5, 0.6) is 0 Å². The monoisotopic (exact) mass is 261 g/mol. The van der Waals surface area contributed by atoms with E-state index in [1.54, 1.807) is 6.92 Å². The lowest BCUT2D eigenvalue weighted by atomic mass is 9.94. The number of benzene rings is 1. The lowest BCUT2D eigenvalue weighted by Gasteiger charge is -2.26. The number of carbonyl (C=O) groups excluding carboxylic acids is 1. The molecule has 1 atom stereocenters. The van der Waals surface area contributed by atoms with E-state index in [2.05, 4.69) is 5.32 Å². The zero-order chi connectivity index (χ0) is 14.0. The molecule has 1 rings (SSSR count). The molecule has 0 spiro atoms. The van der Waals surface area contributed by atoms with E-state index >= 15 is 0 Å². The predicted octanol–water partition coefficient (Wildman–Crippen LogP) is 2.21. The van der Waals surface area contributed by atoms with Gasteiger partial charge in [0.1, 0.15) is 0 Å². The van der Waals surface area contributed by atoms with Crippen LogP contribution in [0.1, 0.15) is 29.8 Å². The van der Waals surface area contributed by atoms with E-state index in [4.69, 9.17) is 0 Å². The summed E-state index contributed by atoms with van der Waals surface area (Å²) in [5.74, 6) is -0.365. The third-order valence-electron chi connectivity index (χ3n) is 2.60. The van der Waals surface area contributed by atoms with Crippen LogP contribution in [-0.2, 0) is 5.60 Å². The van der Waals surface area contributed by atoms with Crippen LogP contribution in [0.15, 0.2) is 24.3 Å². The van der Waals surface area contributed by atoms with Gasteiger partial charge in [-0.1, -0.05) is 12.1 Å². The van der Waals surface area contributed by atoms with Crippen LogP contribution in [0.2, 0.25) is 0 Å². The van der Waals surface area contributed by atoms with E-state index in [1.807, 2.05) is 0 Å². The fourth-order valence-electron chi connectivity index (χ4n) is 1.37. The van der Waals surface area contributed by atoms with E-state index in [0.29, 0.717) is 13.5 Å². The van der Waals surface area contributed by atoms with E-state index in [1.165, 1.54) is 12.1 Å². The molecule has 0 bridgehead atoms. The smallest absolute Gasteiger partial charge is 0.376 e. The molecule has 0 aliphatic carbocycles. The SMILES string of the molecule is CCNC(=O)c1ccc([C@](C)(O)C(F)(F)F)cc1. The quantitative estimate of drug-likeness (QED) is 0.876. The number of amides is 1. The van der Waals surface area contributed by atoms with Crippen molar-refractivity contribution in [2.24, 2.45) is 0 Å². The molecular formula is C12H14F3NO2. The lowest BCUT2D eigenvalue weighted by Crippen LogP contribution is -2.39. The second-order valence-electron chi connectivity index (χ2n) is 4.01. The van der Waals surface area contributed by atoms with E-state index < -0.39 is 11.8 Å². The number of hydrogen-bond donors (Lipinski definition) is 2. The van der Waals surface area contributed by atoms with Gasteiger partial charge in [0, 0.05) is 12.1 Å². The Morgan fingerprint density at radius 1 is 1.28 bits per heavy atom. The molecular weight excluding hydrogens is 247 g/mol. The number of carbonyl (C=O) groups is 1. The zero-order valence-electron chi connectivity index (χ0n) is 10.0. The average molecular weight is 261 g/mol. The molecule has 0 fully saturated rings. The Labute approximate surface area is 103 Å². The summed E-state index contributed by atoms with van der Waals surface area (Å²) >= 11 is 0. The summed E-state index contributed by atoms with van der Waals surface area (Å²) in [7, 11) is 0. The first-order valence-electron chi connectivity index (χ1n) is 5.38. The molecule has 0 radical (unpaired) electrons. The van der Waals surface area contributed by atoms with Crippen molar-refractivity contribution >= 4 is 5.91 Å². The highest BCUT2D eigenvalue weighted by molar-refractivity contribution is 5.94. The molecule has 0 aliphatic rings. The molecule has 0 unspecified atom stereocenters. The number of aliphatic hydroxyl groups is 1. The van der Waals surface area contributed by atoms with Crippen LogP contribution in [0.4, 0.5) is 13.2 Å². The molecule has 0 saturated carbocycles. The maximum atomic E-state index is 12.6. The predicted molar refractivity (Wildman–Crippen MR) is 60.1 cm³/mol. The molecule has 2 N–H and O–H groups in total. The van der Waals surface area contributed by atoms with Gasteiger partial charge in [-0.25, -0.2) is 0 Å². The van der Waals surface area contributed by atoms with Gasteiger partial charge in [-0.15, -0.1) is 0 Å². The number of alkyl halides is 3. The van der Waals surface area contributed by atoms with Crippen LogP contribution >= 0.6 is 0 Å². The van der Waals surface area contributed by atoms with Crippen molar-refractivity contribution in [2.45, 2.75) is 25.6 Å². The van der Waals surface area contributed by atoms with Gasteiger partial charge < -0.3 is 10.4 Å². The Hall–Kier alpha value is -1.56. The first-order chi connectivity index (χ1) is 8.20.